The average Bonchev–Trinajstić information content (AvgIpc) is 2.36. The predicted octanol–water partition coefficient (Wildman–Crippen LogP) is 1.89. The first-order chi connectivity index (χ1) is 9.16. The molecule has 0 spiro atoms. The molecule has 0 unspecified atom stereocenters. The smallest absolute Gasteiger partial charge is 0.340 e. The molecule has 0 heterocycles. The van der Waals surface area contributed by atoms with Crippen LogP contribution in [0.4, 0.5) is 29.3 Å². The summed E-state index contributed by atoms with van der Waals surface area (Å²) in [5.74, 6) is 0. The molecule has 2 amide bonds. The number of carbonyl (C=O) groups excluding carboxylic acids is 1. The number of carbonyl (C=O) groups is 1. The number of amides is 2. The summed E-state index contributed by atoms with van der Waals surface area (Å²) in [4.78, 5) is 21.0. The summed E-state index contributed by atoms with van der Waals surface area (Å²) in [5.41, 5.74) is 0.120. The highest BCUT2D eigenvalue weighted by atomic mass is 19.4. The second kappa shape index (κ2) is 5.63. The van der Waals surface area contributed by atoms with Gasteiger partial charge in [-0.2, -0.15) is 13.2 Å². The third kappa shape index (κ3) is 3.49. The Bertz CT molecular complexity index is 533. The largest absolute Gasteiger partial charge is 0.416 e. The van der Waals surface area contributed by atoms with Crippen LogP contribution in [0.15, 0.2) is 18.2 Å². The molecule has 7 nitrogen and oxygen atoms in total. The number of nitro groups is 1. The van der Waals surface area contributed by atoms with Crippen molar-refractivity contribution in [3.05, 3.63) is 33.9 Å². The van der Waals surface area contributed by atoms with E-state index in [4.69, 9.17) is 0 Å². The minimum atomic E-state index is -4.68. The maximum Gasteiger partial charge on any atom is 0.416 e. The second-order valence-corrected chi connectivity index (χ2v) is 3.71. The number of nitrogens with zero attached hydrogens (tertiary/aromatic N) is 2. The first kappa shape index (κ1) is 15.5. The van der Waals surface area contributed by atoms with Crippen LogP contribution < -0.4 is 15.8 Å². The van der Waals surface area contributed by atoms with Crippen LogP contribution in [0.25, 0.3) is 0 Å². The summed E-state index contributed by atoms with van der Waals surface area (Å²) in [6.07, 6.45) is -4.68. The number of nitrogens with one attached hydrogen (secondary N) is 2. The van der Waals surface area contributed by atoms with Crippen LogP contribution in [0.5, 0.6) is 0 Å². The summed E-state index contributed by atoms with van der Waals surface area (Å²) in [6, 6.07) is 1.36. The van der Waals surface area contributed by atoms with E-state index in [0.29, 0.717) is 12.1 Å². The van der Waals surface area contributed by atoms with Gasteiger partial charge in [-0.1, -0.05) is 0 Å². The van der Waals surface area contributed by atoms with Crippen molar-refractivity contribution in [1.29, 1.82) is 0 Å². The molecule has 0 aliphatic rings. The third-order valence-corrected chi connectivity index (χ3v) is 2.36. The van der Waals surface area contributed by atoms with Crippen molar-refractivity contribution >= 4 is 17.4 Å². The summed E-state index contributed by atoms with van der Waals surface area (Å²) >= 11 is 0. The van der Waals surface area contributed by atoms with Gasteiger partial charge >= 0.3 is 12.2 Å². The van der Waals surface area contributed by atoms with Crippen LogP contribution >= 0.6 is 0 Å². The molecule has 20 heavy (non-hydrogen) atoms. The van der Waals surface area contributed by atoms with Crippen molar-refractivity contribution in [2.75, 3.05) is 19.1 Å². The Labute approximate surface area is 111 Å². The molecule has 0 saturated carbocycles. The fraction of sp³-hybridized carbons (Fsp3) is 0.300. The van der Waals surface area contributed by atoms with Gasteiger partial charge in [-0.3, -0.25) is 15.1 Å². The number of hydrazine groups is 1. The SMILES string of the molecule is CNC(=O)NN(C)c1ccc(C(F)(F)F)cc1[N+](=O)[O-]. The fourth-order valence-electron chi connectivity index (χ4n) is 1.40. The number of hydrogen-bond acceptors (Lipinski definition) is 4. The fourth-order valence-corrected chi connectivity index (χ4v) is 1.40. The number of hydrogen-bond donors (Lipinski definition) is 2. The molecule has 0 atom stereocenters. The number of alkyl halides is 3. The van der Waals surface area contributed by atoms with E-state index in [1.54, 1.807) is 0 Å². The molecule has 0 saturated heterocycles. The molecule has 0 fully saturated rings. The van der Waals surface area contributed by atoms with Gasteiger partial charge in [0.25, 0.3) is 5.69 Å². The molecule has 0 bridgehead atoms. The standard InChI is InChI=1S/C10H11F3N4O3/c1-14-9(18)15-16(2)7-4-3-6(10(11,12)13)5-8(7)17(19)20/h3-5H,1-2H3,(H2,14,15,18). The van der Waals surface area contributed by atoms with Gasteiger partial charge in [0.15, 0.2) is 0 Å². The predicted molar refractivity (Wildman–Crippen MR) is 64.1 cm³/mol. The molecular weight excluding hydrogens is 281 g/mol. The number of rotatable bonds is 3. The molecule has 10 heteroatoms. The van der Waals surface area contributed by atoms with Gasteiger partial charge < -0.3 is 5.32 Å². The lowest BCUT2D eigenvalue weighted by atomic mass is 10.1. The zero-order valence-corrected chi connectivity index (χ0v) is 10.5. The third-order valence-electron chi connectivity index (χ3n) is 2.36. The van der Waals surface area contributed by atoms with Crippen LogP contribution in [-0.4, -0.2) is 25.0 Å². The van der Waals surface area contributed by atoms with Crippen LogP contribution in [0.1, 0.15) is 5.56 Å². The quantitative estimate of drug-likeness (QED) is 0.658. The van der Waals surface area contributed by atoms with Crippen molar-refractivity contribution < 1.29 is 22.9 Å². The van der Waals surface area contributed by atoms with Gasteiger partial charge in [-0.15, -0.1) is 0 Å². The van der Waals surface area contributed by atoms with Crippen molar-refractivity contribution in [1.82, 2.24) is 10.7 Å². The Balaban J connectivity index is 3.20. The van der Waals surface area contributed by atoms with Gasteiger partial charge in [0.1, 0.15) is 5.69 Å². The summed E-state index contributed by atoms with van der Waals surface area (Å²) in [5, 5.41) is 14.0. The molecule has 1 aromatic carbocycles. The topological polar surface area (TPSA) is 87.5 Å². The highest BCUT2D eigenvalue weighted by Crippen LogP contribution is 2.35. The zero-order valence-electron chi connectivity index (χ0n) is 10.5. The van der Waals surface area contributed by atoms with E-state index in [0.717, 1.165) is 11.1 Å². The molecule has 110 valence electrons. The molecule has 2 N–H and O–H groups in total. The van der Waals surface area contributed by atoms with Gasteiger partial charge in [0.2, 0.25) is 0 Å². The Kier molecular flexibility index (Phi) is 4.38. The summed E-state index contributed by atoms with van der Waals surface area (Å²) in [7, 11) is 2.59. The van der Waals surface area contributed by atoms with Crippen molar-refractivity contribution in [3.8, 4) is 0 Å². The van der Waals surface area contributed by atoms with E-state index in [2.05, 4.69) is 10.7 Å². The molecule has 0 aliphatic carbocycles. The molecule has 1 rings (SSSR count). The molecular formula is C10H11F3N4O3. The van der Waals surface area contributed by atoms with Crippen LogP contribution in [0, 0.1) is 10.1 Å². The first-order valence-corrected chi connectivity index (χ1v) is 5.24. The van der Waals surface area contributed by atoms with Gasteiger partial charge in [-0.25, -0.2) is 10.2 Å². The van der Waals surface area contributed by atoms with Crippen LogP contribution in [0.3, 0.4) is 0 Å². The van der Waals surface area contributed by atoms with Gasteiger partial charge in [0, 0.05) is 20.2 Å². The Morgan fingerprint density at radius 2 is 2.00 bits per heavy atom. The van der Waals surface area contributed by atoms with E-state index in [1.807, 2.05) is 0 Å². The number of anilines is 1. The highest BCUT2D eigenvalue weighted by Gasteiger charge is 2.33. The van der Waals surface area contributed by atoms with E-state index < -0.39 is 28.4 Å². The van der Waals surface area contributed by atoms with Crippen LogP contribution in [0.2, 0.25) is 0 Å². The van der Waals surface area contributed by atoms with E-state index in [-0.39, 0.29) is 5.69 Å². The maximum atomic E-state index is 12.5. The average molecular weight is 292 g/mol. The summed E-state index contributed by atoms with van der Waals surface area (Å²) in [6.45, 7) is 0. The van der Waals surface area contributed by atoms with Crippen molar-refractivity contribution in [2.24, 2.45) is 0 Å². The van der Waals surface area contributed by atoms with Crippen molar-refractivity contribution in [2.45, 2.75) is 6.18 Å². The Morgan fingerprint density at radius 1 is 1.40 bits per heavy atom. The number of nitro benzene ring substituents is 1. The first-order valence-electron chi connectivity index (χ1n) is 5.24. The lowest BCUT2D eigenvalue weighted by molar-refractivity contribution is -0.384. The molecule has 0 aromatic heterocycles. The molecule has 0 aliphatic heterocycles. The Hall–Kier alpha value is -2.52. The lowest BCUT2D eigenvalue weighted by Crippen LogP contribution is -2.44. The summed E-state index contributed by atoms with van der Waals surface area (Å²) < 4.78 is 37.5. The van der Waals surface area contributed by atoms with E-state index >= 15 is 0 Å². The number of benzene rings is 1. The lowest BCUT2D eigenvalue weighted by Gasteiger charge is -2.20. The van der Waals surface area contributed by atoms with Crippen molar-refractivity contribution in [3.63, 3.8) is 0 Å². The Morgan fingerprint density at radius 3 is 2.45 bits per heavy atom. The normalized spacial score (nSPS) is 10.8. The molecule has 0 radical (unpaired) electrons. The monoisotopic (exact) mass is 292 g/mol. The second-order valence-electron chi connectivity index (χ2n) is 3.71. The van der Waals surface area contributed by atoms with E-state index in [1.165, 1.54) is 14.1 Å². The zero-order chi connectivity index (χ0) is 15.5. The minimum absolute atomic E-state index is 0.174. The highest BCUT2D eigenvalue weighted by molar-refractivity contribution is 5.77. The molecule has 1 aromatic rings. The number of urea groups is 1. The number of halogens is 3. The minimum Gasteiger partial charge on any atom is -0.340 e. The van der Waals surface area contributed by atoms with Gasteiger partial charge in [-0.05, 0) is 12.1 Å². The van der Waals surface area contributed by atoms with Crippen LogP contribution in [-0.2, 0) is 6.18 Å². The maximum absolute atomic E-state index is 12.5. The van der Waals surface area contributed by atoms with Gasteiger partial charge in [0.05, 0.1) is 10.5 Å². The van der Waals surface area contributed by atoms with E-state index in [9.17, 15) is 28.1 Å².